The summed E-state index contributed by atoms with van der Waals surface area (Å²) in [7, 11) is 3.97. The maximum Gasteiger partial charge on any atom is 0.155 e. The van der Waals surface area contributed by atoms with E-state index in [-0.39, 0.29) is 5.82 Å². The van der Waals surface area contributed by atoms with E-state index in [0.717, 1.165) is 55.7 Å². The molecule has 0 spiro atoms. The molecule has 0 fully saturated rings. The average Bonchev–Trinajstić information content (AvgIpc) is 3.48. The molecule has 34 heavy (non-hydrogen) atoms. The third-order valence-electron chi connectivity index (χ3n) is 5.93. The number of hydrogen-bond acceptors (Lipinski definition) is 5. The van der Waals surface area contributed by atoms with Crippen LogP contribution in [0.4, 0.5) is 10.1 Å². The van der Waals surface area contributed by atoms with Crippen molar-refractivity contribution in [2.24, 2.45) is 0 Å². The molecule has 0 radical (unpaired) electrons. The fourth-order valence-electron chi connectivity index (χ4n) is 4.13. The van der Waals surface area contributed by atoms with Gasteiger partial charge in [0, 0.05) is 54.6 Å². The Morgan fingerprint density at radius 1 is 0.794 bits per heavy atom. The summed E-state index contributed by atoms with van der Waals surface area (Å²) >= 11 is 0. The molecular formula is C26H20FN7. The van der Waals surface area contributed by atoms with Crippen LogP contribution in [0.5, 0.6) is 0 Å². The molecule has 0 aliphatic rings. The summed E-state index contributed by atoms with van der Waals surface area (Å²) in [5.74, 6) is -0.263. The van der Waals surface area contributed by atoms with Crippen molar-refractivity contribution in [3.63, 3.8) is 0 Å². The van der Waals surface area contributed by atoms with E-state index < -0.39 is 0 Å². The summed E-state index contributed by atoms with van der Waals surface area (Å²) in [6, 6.07) is 14.6. The van der Waals surface area contributed by atoms with E-state index in [0.29, 0.717) is 5.65 Å². The number of nitrogens with one attached hydrogen (secondary N) is 2. The van der Waals surface area contributed by atoms with Gasteiger partial charge in [0.1, 0.15) is 17.2 Å². The van der Waals surface area contributed by atoms with E-state index in [1.165, 1.54) is 12.1 Å². The number of anilines is 1. The molecule has 5 aromatic heterocycles. The van der Waals surface area contributed by atoms with Gasteiger partial charge in [-0.25, -0.2) is 14.4 Å². The number of aromatic nitrogens is 6. The fourth-order valence-corrected chi connectivity index (χ4v) is 4.13. The summed E-state index contributed by atoms with van der Waals surface area (Å²) in [4.78, 5) is 18.8. The molecule has 0 bridgehead atoms. The van der Waals surface area contributed by atoms with E-state index in [4.69, 9.17) is 0 Å². The number of halogens is 1. The zero-order valence-electron chi connectivity index (χ0n) is 18.5. The molecule has 2 N–H and O–H groups in total. The molecule has 0 atom stereocenters. The number of pyridine rings is 3. The summed E-state index contributed by atoms with van der Waals surface area (Å²) in [6.45, 7) is 0. The van der Waals surface area contributed by atoms with E-state index in [2.05, 4.69) is 42.3 Å². The van der Waals surface area contributed by atoms with Crippen molar-refractivity contribution < 1.29 is 4.39 Å². The minimum absolute atomic E-state index is 0.263. The molecule has 8 heteroatoms. The molecule has 0 unspecified atom stereocenters. The van der Waals surface area contributed by atoms with Crippen LogP contribution in [0.2, 0.25) is 0 Å². The smallest absolute Gasteiger partial charge is 0.155 e. The number of nitrogens with zero attached hydrogens (tertiary/aromatic N) is 5. The molecule has 7 nitrogen and oxygen atoms in total. The number of aromatic amines is 2. The molecule has 166 valence electrons. The van der Waals surface area contributed by atoms with E-state index >= 15 is 0 Å². The van der Waals surface area contributed by atoms with Crippen LogP contribution in [0.3, 0.4) is 0 Å². The monoisotopic (exact) mass is 449 g/mol. The Morgan fingerprint density at radius 2 is 1.62 bits per heavy atom. The predicted molar refractivity (Wildman–Crippen MR) is 132 cm³/mol. The van der Waals surface area contributed by atoms with Gasteiger partial charge in [-0.05, 0) is 47.5 Å². The lowest BCUT2D eigenvalue weighted by Crippen LogP contribution is -2.08. The second-order valence-electron chi connectivity index (χ2n) is 8.33. The van der Waals surface area contributed by atoms with Gasteiger partial charge in [0.25, 0.3) is 0 Å². The van der Waals surface area contributed by atoms with Crippen LogP contribution >= 0.6 is 0 Å². The number of rotatable bonds is 4. The van der Waals surface area contributed by atoms with E-state index in [1.807, 2.05) is 49.7 Å². The normalized spacial score (nSPS) is 11.4. The van der Waals surface area contributed by atoms with Gasteiger partial charge in [0.2, 0.25) is 0 Å². The average molecular weight is 449 g/mol. The van der Waals surface area contributed by atoms with Crippen molar-refractivity contribution >= 4 is 27.8 Å². The molecule has 5 heterocycles. The quantitative estimate of drug-likeness (QED) is 0.375. The van der Waals surface area contributed by atoms with Crippen LogP contribution in [-0.2, 0) is 0 Å². The standard InChI is InChI=1S/C26H20FN7/c1-34(2)19-9-16(12-28-14-19)17-10-22-24(32-33-26(22)30-13-17)23-11-21-20(7-8-29-25(21)31-23)15-3-5-18(27)6-4-15/h3-14H,1-2H3,(H,29,31)(H,30,32,33). The third kappa shape index (κ3) is 3.36. The minimum atomic E-state index is -0.263. The van der Waals surface area contributed by atoms with Crippen molar-refractivity contribution in [2.75, 3.05) is 19.0 Å². The number of fused-ring (bicyclic) bond motifs is 2. The SMILES string of the molecule is CN(C)c1cncc(-c2cnc3[nH]nc(-c4cc5c(-c6ccc(F)cc6)ccnc5[nH]4)c3c2)c1. The number of benzene rings is 1. The fraction of sp³-hybridized carbons (Fsp3) is 0.0769. The maximum absolute atomic E-state index is 13.4. The zero-order valence-corrected chi connectivity index (χ0v) is 18.5. The lowest BCUT2D eigenvalue weighted by Gasteiger charge is -2.12. The third-order valence-corrected chi connectivity index (χ3v) is 5.93. The highest BCUT2D eigenvalue weighted by molar-refractivity contribution is 5.99. The van der Waals surface area contributed by atoms with Crippen molar-refractivity contribution in [2.45, 2.75) is 0 Å². The molecule has 0 aliphatic heterocycles. The Balaban J connectivity index is 1.47. The van der Waals surface area contributed by atoms with Crippen LogP contribution in [-0.4, -0.2) is 44.2 Å². The molecule has 0 saturated heterocycles. The number of hydrogen-bond donors (Lipinski definition) is 2. The summed E-state index contributed by atoms with van der Waals surface area (Å²) in [5.41, 5.74) is 7.84. The van der Waals surface area contributed by atoms with Gasteiger partial charge in [0.05, 0.1) is 17.6 Å². The summed E-state index contributed by atoms with van der Waals surface area (Å²) in [5, 5.41) is 9.39. The number of H-pyrrole nitrogens is 2. The van der Waals surface area contributed by atoms with Gasteiger partial charge in [-0.2, -0.15) is 5.10 Å². The van der Waals surface area contributed by atoms with Crippen LogP contribution in [0.15, 0.2) is 73.3 Å². The van der Waals surface area contributed by atoms with E-state index in [9.17, 15) is 4.39 Å². The lowest BCUT2D eigenvalue weighted by molar-refractivity contribution is 0.628. The maximum atomic E-state index is 13.4. The molecule has 6 rings (SSSR count). The highest BCUT2D eigenvalue weighted by atomic mass is 19.1. The van der Waals surface area contributed by atoms with Gasteiger partial charge in [-0.15, -0.1) is 0 Å². The van der Waals surface area contributed by atoms with Crippen LogP contribution in [0.1, 0.15) is 0 Å². The Morgan fingerprint density at radius 3 is 2.44 bits per heavy atom. The van der Waals surface area contributed by atoms with Gasteiger partial charge in [0.15, 0.2) is 5.65 Å². The summed E-state index contributed by atoms with van der Waals surface area (Å²) < 4.78 is 13.4. The van der Waals surface area contributed by atoms with Crippen LogP contribution in [0.25, 0.3) is 55.7 Å². The van der Waals surface area contributed by atoms with Gasteiger partial charge in [-0.3, -0.25) is 10.1 Å². The van der Waals surface area contributed by atoms with Crippen LogP contribution in [0, 0.1) is 5.82 Å². The minimum Gasteiger partial charge on any atom is -0.376 e. The van der Waals surface area contributed by atoms with Gasteiger partial charge < -0.3 is 9.88 Å². The Labute approximate surface area is 194 Å². The lowest BCUT2D eigenvalue weighted by atomic mass is 10.0. The first-order chi connectivity index (χ1) is 16.6. The Hall–Kier alpha value is -4.59. The van der Waals surface area contributed by atoms with Gasteiger partial charge in [-0.1, -0.05) is 12.1 Å². The molecule has 6 aromatic rings. The predicted octanol–water partition coefficient (Wildman–Crippen LogP) is 5.44. The molecule has 0 saturated carbocycles. The highest BCUT2D eigenvalue weighted by Crippen LogP contribution is 2.34. The van der Waals surface area contributed by atoms with Crippen molar-refractivity contribution in [1.82, 2.24) is 30.1 Å². The van der Waals surface area contributed by atoms with Crippen molar-refractivity contribution in [3.8, 4) is 33.6 Å². The first-order valence-corrected chi connectivity index (χ1v) is 10.8. The zero-order chi connectivity index (χ0) is 23.2. The molecule has 0 amide bonds. The summed E-state index contributed by atoms with van der Waals surface area (Å²) in [6.07, 6.45) is 7.22. The van der Waals surface area contributed by atoms with Crippen molar-refractivity contribution in [1.29, 1.82) is 0 Å². The first-order valence-electron chi connectivity index (χ1n) is 10.8. The second-order valence-corrected chi connectivity index (χ2v) is 8.33. The van der Waals surface area contributed by atoms with Crippen molar-refractivity contribution in [3.05, 3.63) is 79.1 Å². The second kappa shape index (κ2) is 7.77. The topological polar surface area (TPSA) is 86.4 Å². The Bertz CT molecular complexity index is 1650. The first kappa shape index (κ1) is 20.0. The highest BCUT2D eigenvalue weighted by Gasteiger charge is 2.16. The van der Waals surface area contributed by atoms with Crippen LogP contribution < -0.4 is 4.90 Å². The Kier molecular flexibility index (Phi) is 4.58. The largest absolute Gasteiger partial charge is 0.376 e. The molecule has 1 aromatic carbocycles. The molecule has 0 aliphatic carbocycles. The van der Waals surface area contributed by atoms with Gasteiger partial charge >= 0.3 is 0 Å². The molecular weight excluding hydrogens is 429 g/mol. The van der Waals surface area contributed by atoms with E-state index in [1.54, 1.807) is 18.3 Å².